The lowest BCUT2D eigenvalue weighted by Gasteiger charge is -2.25. The maximum atomic E-state index is 14.2. The molecule has 0 aliphatic carbocycles. The highest BCUT2D eigenvalue weighted by molar-refractivity contribution is 7.07. The lowest BCUT2D eigenvalue weighted by Crippen LogP contribution is -2.40. The zero-order valence-corrected chi connectivity index (χ0v) is 27.9. The molecule has 2 aromatic carbocycles. The molecule has 1 atom stereocenters. The van der Waals surface area contributed by atoms with Crippen molar-refractivity contribution in [2.45, 2.75) is 60.6 Å². The van der Waals surface area contributed by atoms with Crippen molar-refractivity contribution in [3.8, 4) is 17.2 Å². The number of rotatable bonds is 9. The minimum atomic E-state index is -0.819. The highest BCUT2D eigenvalue weighted by Gasteiger charge is 2.34. The zero-order valence-electron chi connectivity index (χ0n) is 27.0. The molecule has 0 N–H and O–H groups in total. The number of carbonyl (C=O) groups excluding carboxylic acids is 1. The van der Waals surface area contributed by atoms with Crippen molar-refractivity contribution in [3.63, 3.8) is 0 Å². The number of nitrogens with zero attached hydrogens (tertiary/aromatic N) is 4. The molecule has 0 spiro atoms. The first-order valence-electron chi connectivity index (χ1n) is 14.8. The zero-order chi connectivity index (χ0) is 33.4. The van der Waals surface area contributed by atoms with Gasteiger partial charge in [-0.15, -0.1) is 0 Å². The molecule has 46 heavy (non-hydrogen) atoms. The van der Waals surface area contributed by atoms with Gasteiger partial charge in [0.1, 0.15) is 0 Å². The van der Waals surface area contributed by atoms with Crippen LogP contribution in [0.4, 0.5) is 5.69 Å². The second-order valence-electron chi connectivity index (χ2n) is 11.3. The fourth-order valence-corrected chi connectivity index (χ4v) is 6.76. The molecule has 0 bridgehead atoms. The van der Waals surface area contributed by atoms with E-state index in [2.05, 4.69) is 4.99 Å². The normalized spacial score (nSPS) is 14.7. The summed E-state index contributed by atoms with van der Waals surface area (Å²) in [7, 11) is 1.54. The van der Waals surface area contributed by atoms with Gasteiger partial charge in [0.15, 0.2) is 16.3 Å². The van der Waals surface area contributed by atoms with Gasteiger partial charge in [0.25, 0.3) is 11.2 Å². The Balaban J connectivity index is 1.68. The Hall–Kier alpha value is -4.97. The molecule has 0 fully saturated rings. The number of benzene rings is 2. The summed E-state index contributed by atoms with van der Waals surface area (Å²) >= 11 is 1.22. The van der Waals surface area contributed by atoms with Crippen LogP contribution in [0, 0.1) is 30.9 Å². The predicted molar refractivity (Wildman–Crippen MR) is 176 cm³/mol. The highest BCUT2D eigenvalue weighted by Crippen LogP contribution is 2.36. The van der Waals surface area contributed by atoms with Crippen LogP contribution >= 0.6 is 11.3 Å². The van der Waals surface area contributed by atoms with E-state index in [0.717, 1.165) is 17.0 Å². The number of aromatic nitrogens is 2. The topological polar surface area (TPSA) is 127 Å². The van der Waals surface area contributed by atoms with Crippen molar-refractivity contribution in [2.24, 2.45) is 4.99 Å². The van der Waals surface area contributed by atoms with E-state index >= 15 is 0 Å². The number of thiazole rings is 1. The van der Waals surface area contributed by atoms with E-state index in [0.29, 0.717) is 43.3 Å². The van der Waals surface area contributed by atoms with Gasteiger partial charge in [0.05, 0.1) is 52.3 Å². The van der Waals surface area contributed by atoms with Gasteiger partial charge in [-0.3, -0.25) is 19.5 Å². The first-order valence-corrected chi connectivity index (χ1v) is 15.7. The molecule has 1 aliphatic rings. The van der Waals surface area contributed by atoms with Gasteiger partial charge in [0.2, 0.25) is 0 Å². The molecule has 2 aromatic heterocycles. The number of nitro groups is 1. The molecule has 5 rings (SSSR count). The number of hydrogen-bond acceptors (Lipinski definition) is 9. The minimum Gasteiger partial charge on any atom is -0.493 e. The Bertz CT molecular complexity index is 2080. The predicted octanol–water partition coefficient (Wildman–Crippen LogP) is 5.22. The van der Waals surface area contributed by atoms with Crippen molar-refractivity contribution in [1.29, 1.82) is 0 Å². The fourth-order valence-electron chi connectivity index (χ4n) is 5.72. The fraction of sp³-hybridized carbons (Fsp3) is 0.324. The molecule has 11 nitrogen and oxygen atoms in total. The van der Waals surface area contributed by atoms with Crippen LogP contribution in [-0.2, 0) is 9.53 Å². The van der Waals surface area contributed by atoms with Crippen LogP contribution in [0.15, 0.2) is 63.5 Å². The van der Waals surface area contributed by atoms with Crippen LogP contribution in [0.2, 0.25) is 0 Å². The summed E-state index contributed by atoms with van der Waals surface area (Å²) in [6.07, 6.45) is 1.71. The quantitative estimate of drug-likeness (QED) is 0.139. The number of nitro benzene ring substituents is 1. The second-order valence-corrected chi connectivity index (χ2v) is 12.3. The van der Waals surface area contributed by atoms with Crippen LogP contribution in [-0.4, -0.2) is 39.8 Å². The molecule has 0 radical (unpaired) electrons. The summed E-state index contributed by atoms with van der Waals surface area (Å²) in [5, 5.41) is 11.6. The maximum absolute atomic E-state index is 14.2. The average Bonchev–Trinajstić information content (AvgIpc) is 3.45. The number of methoxy groups -OCH3 is 1. The Kier molecular flexibility index (Phi) is 9.02. The molecule has 3 heterocycles. The summed E-state index contributed by atoms with van der Waals surface area (Å²) in [6, 6.07) is 11.6. The van der Waals surface area contributed by atoms with E-state index in [1.54, 1.807) is 51.1 Å². The third-order valence-corrected chi connectivity index (χ3v) is 8.77. The average molecular weight is 645 g/mol. The van der Waals surface area contributed by atoms with Gasteiger partial charge in [-0.2, -0.15) is 0 Å². The largest absolute Gasteiger partial charge is 0.493 e. The molecule has 240 valence electrons. The standard InChI is InChI=1S/C34H36N4O7S/c1-9-44-33(40)30-21(6)35-34-37(31(30)23-11-13-27(45-18(2)3)28(15-23)43-8)32(39)29(46-34)16-24-14-20(5)36(22(24)7)25-12-10-19(4)26(17-25)38(41)42/h10-18,31H,9H2,1-8H3/b29-16-/t31-/m0/s1. The van der Waals surface area contributed by atoms with E-state index in [-0.39, 0.29) is 29.5 Å². The number of allylic oxidation sites excluding steroid dienone is 1. The molecule has 0 unspecified atom stereocenters. The van der Waals surface area contributed by atoms with Crippen LogP contribution in [0.5, 0.6) is 11.5 Å². The van der Waals surface area contributed by atoms with Crippen molar-refractivity contribution >= 4 is 29.1 Å². The maximum Gasteiger partial charge on any atom is 0.338 e. The molecule has 0 amide bonds. The molecule has 1 aliphatic heterocycles. The third kappa shape index (κ3) is 5.87. The number of esters is 1. The first kappa shape index (κ1) is 32.4. The van der Waals surface area contributed by atoms with E-state index in [4.69, 9.17) is 14.2 Å². The number of aryl methyl sites for hydroxylation is 2. The van der Waals surface area contributed by atoms with Gasteiger partial charge < -0.3 is 18.8 Å². The molecule has 12 heteroatoms. The molecular formula is C34H36N4O7S. The number of carbonyl (C=O) groups is 1. The van der Waals surface area contributed by atoms with E-state index in [1.807, 2.05) is 50.5 Å². The van der Waals surface area contributed by atoms with Gasteiger partial charge in [0, 0.05) is 23.0 Å². The summed E-state index contributed by atoms with van der Waals surface area (Å²) in [5.41, 5.74) is 4.74. The molecular weight excluding hydrogens is 608 g/mol. The summed E-state index contributed by atoms with van der Waals surface area (Å²) in [4.78, 5) is 43.9. The van der Waals surface area contributed by atoms with Crippen molar-refractivity contribution in [3.05, 3.63) is 112 Å². The lowest BCUT2D eigenvalue weighted by atomic mass is 9.95. The molecule has 0 saturated carbocycles. The minimum absolute atomic E-state index is 0.0352. The van der Waals surface area contributed by atoms with E-state index < -0.39 is 16.9 Å². The monoisotopic (exact) mass is 644 g/mol. The Labute approximate surface area is 269 Å². The van der Waals surface area contributed by atoms with Gasteiger partial charge in [-0.05, 0) is 89.9 Å². The first-order chi connectivity index (χ1) is 21.9. The van der Waals surface area contributed by atoms with Gasteiger partial charge >= 0.3 is 5.97 Å². The summed E-state index contributed by atoms with van der Waals surface area (Å²) in [6.45, 7) is 13.0. The smallest absolute Gasteiger partial charge is 0.338 e. The second kappa shape index (κ2) is 12.8. The van der Waals surface area contributed by atoms with Crippen LogP contribution in [0.25, 0.3) is 11.8 Å². The van der Waals surface area contributed by atoms with Gasteiger partial charge in [-0.25, -0.2) is 9.79 Å². The lowest BCUT2D eigenvalue weighted by molar-refractivity contribution is -0.385. The van der Waals surface area contributed by atoms with Crippen LogP contribution in [0.1, 0.15) is 61.8 Å². The van der Waals surface area contributed by atoms with E-state index in [9.17, 15) is 19.7 Å². The molecule has 0 saturated heterocycles. The third-order valence-electron chi connectivity index (χ3n) is 7.79. The number of hydrogen-bond donors (Lipinski definition) is 0. The SMILES string of the molecule is CCOC(=O)C1=C(C)N=c2s/c(=C\c3cc(C)n(-c4ccc(C)c([N+](=O)[O-])c4)c3C)c(=O)n2[C@H]1c1ccc(OC(C)C)c(OC)c1. The van der Waals surface area contributed by atoms with E-state index in [1.165, 1.54) is 23.0 Å². The summed E-state index contributed by atoms with van der Waals surface area (Å²) in [5.74, 6) is 0.455. The van der Waals surface area contributed by atoms with Gasteiger partial charge in [-0.1, -0.05) is 23.5 Å². The number of ether oxygens (including phenoxy) is 3. The summed E-state index contributed by atoms with van der Waals surface area (Å²) < 4.78 is 20.8. The Morgan fingerprint density at radius 3 is 2.50 bits per heavy atom. The highest BCUT2D eigenvalue weighted by atomic mass is 32.1. The van der Waals surface area contributed by atoms with Crippen molar-refractivity contribution in [1.82, 2.24) is 9.13 Å². The van der Waals surface area contributed by atoms with Crippen molar-refractivity contribution < 1.29 is 23.9 Å². The van der Waals surface area contributed by atoms with Crippen LogP contribution in [0.3, 0.4) is 0 Å². The Morgan fingerprint density at radius 1 is 1.11 bits per heavy atom. The van der Waals surface area contributed by atoms with Crippen LogP contribution < -0.4 is 24.4 Å². The Morgan fingerprint density at radius 2 is 1.85 bits per heavy atom. The number of fused-ring (bicyclic) bond motifs is 1. The van der Waals surface area contributed by atoms with Crippen molar-refractivity contribution in [2.75, 3.05) is 13.7 Å². The molecule has 4 aromatic rings.